The Morgan fingerprint density at radius 1 is 1.36 bits per heavy atom. The Hall–Kier alpha value is -0.590. The standard InChI is InChI=1S/C13H22O/c1-4-10(3)8-13(14)12-7-6-11(5-2)9-12/h11-12H,3-9H2,1-2H3. The van der Waals surface area contributed by atoms with Crippen LogP contribution in [0, 0.1) is 11.8 Å². The highest BCUT2D eigenvalue weighted by Crippen LogP contribution is 2.34. The van der Waals surface area contributed by atoms with E-state index in [9.17, 15) is 4.79 Å². The summed E-state index contributed by atoms with van der Waals surface area (Å²) in [5, 5.41) is 0. The molecule has 14 heavy (non-hydrogen) atoms. The molecule has 0 amide bonds. The SMILES string of the molecule is C=C(CC)CC(=O)C1CCC(CC)C1. The van der Waals surface area contributed by atoms with Crippen LogP contribution >= 0.6 is 0 Å². The molecule has 1 aliphatic rings. The first-order valence-corrected chi connectivity index (χ1v) is 5.86. The molecule has 0 radical (unpaired) electrons. The second-order valence-electron chi connectivity index (χ2n) is 4.53. The van der Waals surface area contributed by atoms with Crippen molar-refractivity contribution in [1.82, 2.24) is 0 Å². The zero-order chi connectivity index (χ0) is 10.6. The van der Waals surface area contributed by atoms with Gasteiger partial charge in [0, 0.05) is 12.3 Å². The van der Waals surface area contributed by atoms with E-state index in [1.54, 1.807) is 0 Å². The molecule has 0 aromatic carbocycles. The van der Waals surface area contributed by atoms with Gasteiger partial charge < -0.3 is 0 Å². The van der Waals surface area contributed by atoms with E-state index in [0.717, 1.165) is 30.8 Å². The quantitative estimate of drug-likeness (QED) is 0.609. The Bertz CT molecular complexity index is 217. The summed E-state index contributed by atoms with van der Waals surface area (Å²) in [5.74, 6) is 1.59. The molecule has 0 N–H and O–H groups in total. The number of Topliss-reactive ketones (excluding diaryl/α,β-unsaturated/α-hetero) is 1. The van der Waals surface area contributed by atoms with Crippen LogP contribution < -0.4 is 0 Å². The molecule has 2 atom stereocenters. The smallest absolute Gasteiger partial charge is 0.139 e. The van der Waals surface area contributed by atoms with Crippen molar-refractivity contribution < 1.29 is 4.79 Å². The lowest BCUT2D eigenvalue weighted by molar-refractivity contribution is -0.122. The summed E-state index contributed by atoms with van der Waals surface area (Å²) in [6.45, 7) is 8.20. The normalized spacial score (nSPS) is 26.4. The Kier molecular flexibility index (Phi) is 4.37. The zero-order valence-electron chi connectivity index (χ0n) is 9.51. The molecule has 0 aromatic heterocycles. The molecule has 1 saturated carbocycles. The van der Waals surface area contributed by atoms with E-state index in [0.29, 0.717) is 18.1 Å². The van der Waals surface area contributed by atoms with Gasteiger partial charge in [0.15, 0.2) is 0 Å². The summed E-state index contributed by atoms with van der Waals surface area (Å²) in [6, 6.07) is 0. The second kappa shape index (κ2) is 5.33. The van der Waals surface area contributed by atoms with Crippen molar-refractivity contribution in [3.05, 3.63) is 12.2 Å². The lowest BCUT2D eigenvalue weighted by atomic mass is 9.94. The van der Waals surface area contributed by atoms with Gasteiger partial charge in [-0.2, -0.15) is 0 Å². The monoisotopic (exact) mass is 194 g/mol. The van der Waals surface area contributed by atoms with Crippen molar-refractivity contribution in [2.75, 3.05) is 0 Å². The molecular formula is C13H22O. The summed E-state index contributed by atoms with van der Waals surface area (Å²) < 4.78 is 0. The summed E-state index contributed by atoms with van der Waals surface area (Å²) in [6.07, 6.45) is 6.30. The van der Waals surface area contributed by atoms with Crippen molar-refractivity contribution >= 4 is 5.78 Å². The minimum Gasteiger partial charge on any atom is -0.299 e. The molecule has 0 saturated heterocycles. The third-order valence-corrected chi connectivity index (χ3v) is 3.50. The van der Waals surface area contributed by atoms with Crippen LogP contribution in [0.5, 0.6) is 0 Å². The summed E-state index contributed by atoms with van der Waals surface area (Å²) in [5.41, 5.74) is 1.09. The summed E-state index contributed by atoms with van der Waals surface area (Å²) in [7, 11) is 0. The predicted molar refractivity (Wildman–Crippen MR) is 60.2 cm³/mol. The molecule has 0 heterocycles. The third kappa shape index (κ3) is 2.97. The number of carbonyl (C=O) groups excluding carboxylic acids is 1. The maximum atomic E-state index is 11.8. The van der Waals surface area contributed by atoms with E-state index in [1.165, 1.54) is 12.8 Å². The fourth-order valence-corrected chi connectivity index (χ4v) is 2.25. The average Bonchev–Trinajstić information content (AvgIpc) is 2.65. The first-order chi connectivity index (χ1) is 6.67. The highest BCUT2D eigenvalue weighted by Gasteiger charge is 2.28. The van der Waals surface area contributed by atoms with Crippen LogP contribution in [0.25, 0.3) is 0 Å². The summed E-state index contributed by atoms with van der Waals surface area (Å²) >= 11 is 0. The third-order valence-electron chi connectivity index (χ3n) is 3.50. The van der Waals surface area contributed by atoms with Crippen LogP contribution in [0.3, 0.4) is 0 Å². The van der Waals surface area contributed by atoms with Crippen LogP contribution in [0.1, 0.15) is 52.4 Å². The minimum absolute atomic E-state index is 0.350. The van der Waals surface area contributed by atoms with E-state index >= 15 is 0 Å². The first-order valence-electron chi connectivity index (χ1n) is 5.86. The van der Waals surface area contributed by atoms with Gasteiger partial charge in [-0.3, -0.25) is 4.79 Å². The minimum atomic E-state index is 0.350. The van der Waals surface area contributed by atoms with Crippen LogP contribution in [0.4, 0.5) is 0 Å². The Balaban J connectivity index is 2.35. The molecule has 0 bridgehead atoms. The van der Waals surface area contributed by atoms with Gasteiger partial charge in [0.05, 0.1) is 0 Å². The van der Waals surface area contributed by atoms with Crippen LogP contribution in [-0.4, -0.2) is 5.78 Å². The van der Waals surface area contributed by atoms with Crippen LogP contribution in [0.2, 0.25) is 0 Å². The van der Waals surface area contributed by atoms with E-state index < -0.39 is 0 Å². The second-order valence-corrected chi connectivity index (χ2v) is 4.53. The molecule has 80 valence electrons. The lowest BCUT2D eigenvalue weighted by Gasteiger charge is -2.09. The molecule has 1 aliphatic carbocycles. The van der Waals surface area contributed by atoms with E-state index in [1.807, 2.05) is 0 Å². The predicted octanol–water partition coefficient (Wildman–Crippen LogP) is 3.74. The first kappa shape index (κ1) is 11.5. The number of ketones is 1. The van der Waals surface area contributed by atoms with Gasteiger partial charge in [-0.25, -0.2) is 0 Å². The highest BCUT2D eigenvalue weighted by atomic mass is 16.1. The van der Waals surface area contributed by atoms with E-state index in [-0.39, 0.29) is 0 Å². The number of allylic oxidation sites excluding steroid dienone is 1. The Morgan fingerprint density at radius 2 is 2.07 bits per heavy atom. The van der Waals surface area contributed by atoms with Crippen LogP contribution in [-0.2, 0) is 4.79 Å². The molecule has 0 aliphatic heterocycles. The van der Waals surface area contributed by atoms with Gasteiger partial charge in [0.1, 0.15) is 5.78 Å². The van der Waals surface area contributed by atoms with Crippen molar-refractivity contribution in [2.45, 2.75) is 52.4 Å². The van der Waals surface area contributed by atoms with Gasteiger partial charge in [0.2, 0.25) is 0 Å². The molecule has 1 fully saturated rings. The van der Waals surface area contributed by atoms with Gasteiger partial charge in [-0.1, -0.05) is 32.4 Å². The molecule has 1 heteroatoms. The maximum absolute atomic E-state index is 11.8. The molecule has 2 unspecified atom stereocenters. The highest BCUT2D eigenvalue weighted by molar-refractivity contribution is 5.83. The fraction of sp³-hybridized carbons (Fsp3) is 0.769. The molecular weight excluding hydrogens is 172 g/mol. The van der Waals surface area contributed by atoms with Crippen molar-refractivity contribution in [3.63, 3.8) is 0 Å². The lowest BCUT2D eigenvalue weighted by Crippen LogP contribution is -2.11. The van der Waals surface area contributed by atoms with Gasteiger partial charge in [-0.05, 0) is 31.6 Å². The van der Waals surface area contributed by atoms with Crippen molar-refractivity contribution in [2.24, 2.45) is 11.8 Å². The summed E-state index contributed by atoms with van der Waals surface area (Å²) in [4.78, 5) is 11.8. The van der Waals surface area contributed by atoms with Gasteiger partial charge in [-0.15, -0.1) is 0 Å². The maximum Gasteiger partial charge on any atom is 0.139 e. The Morgan fingerprint density at radius 3 is 2.57 bits per heavy atom. The number of carbonyl (C=O) groups is 1. The van der Waals surface area contributed by atoms with Gasteiger partial charge in [0.25, 0.3) is 0 Å². The Labute approximate surface area is 87.6 Å². The van der Waals surface area contributed by atoms with Crippen LogP contribution in [0.15, 0.2) is 12.2 Å². The molecule has 1 rings (SSSR count). The average molecular weight is 194 g/mol. The number of rotatable bonds is 5. The fourth-order valence-electron chi connectivity index (χ4n) is 2.25. The number of hydrogen-bond donors (Lipinski definition) is 0. The van der Waals surface area contributed by atoms with Crippen molar-refractivity contribution in [3.8, 4) is 0 Å². The van der Waals surface area contributed by atoms with Crippen molar-refractivity contribution in [1.29, 1.82) is 0 Å². The van der Waals surface area contributed by atoms with Gasteiger partial charge >= 0.3 is 0 Å². The number of hydrogen-bond acceptors (Lipinski definition) is 1. The molecule has 0 spiro atoms. The zero-order valence-corrected chi connectivity index (χ0v) is 9.51. The molecule has 1 nitrogen and oxygen atoms in total. The largest absolute Gasteiger partial charge is 0.299 e. The van der Waals surface area contributed by atoms with E-state index in [4.69, 9.17) is 0 Å². The topological polar surface area (TPSA) is 17.1 Å². The molecule has 0 aromatic rings. The van der Waals surface area contributed by atoms with E-state index in [2.05, 4.69) is 20.4 Å².